The van der Waals surface area contributed by atoms with Gasteiger partial charge in [0.15, 0.2) is 0 Å². The van der Waals surface area contributed by atoms with E-state index in [2.05, 4.69) is 31.4 Å². The fraction of sp³-hybridized carbons (Fsp3) is 0.667. The molecule has 0 aliphatic heterocycles. The van der Waals surface area contributed by atoms with E-state index in [1.807, 2.05) is 0 Å². The first-order valence-electron chi connectivity index (χ1n) is 5.26. The van der Waals surface area contributed by atoms with E-state index in [-0.39, 0.29) is 5.41 Å². The second-order valence-electron chi connectivity index (χ2n) is 4.62. The minimum absolute atomic E-state index is 0.0716. The summed E-state index contributed by atoms with van der Waals surface area (Å²) in [5.74, 6) is 1.93. The molecule has 1 aromatic rings. The molecular formula is C12H18Cl2S. The van der Waals surface area contributed by atoms with Crippen molar-refractivity contribution < 1.29 is 0 Å². The molecule has 1 aromatic heterocycles. The highest BCUT2D eigenvalue weighted by molar-refractivity contribution is 7.09. The van der Waals surface area contributed by atoms with Crippen LogP contribution in [0.4, 0.5) is 0 Å². The van der Waals surface area contributed by atoms with Gasteiger partial charge in [-0.1, -0.05) is 19.9 Å². The molecule has 0 amide bonds. The van der Waals surface area contributed by atoms with Gasteiger partial charge in [-0.25, -0.2) is 0 Å². The van der Waals surface area contributed by atoms with Crippen molar-refractivity contribution in [3.63, 3.8) is 0 Å². The Morgan fingerprint density at radius 3 is 2.40 bits per heavy atom. The molecule has 1 heterocycles. The molecule has 0 aliphatic carbocycles. The van der Waals surface area contributed by atoms with Gasteiger partial charge in [-0.2, -0.15) is 0 Å². The van der Waals surface area contributed by atoms with Gasteiger partial charge < -0.3 is 0 Å². The number of rotatable bonds is 6. The predicted octanol–water partition coefficient (Wildman–Crippen LogP) is 4.80. The summed E-state index contributed by atoms with van der Waals surface area (Å²) < 4.78 is 0. The Labute approximate surface area is 107 Å². The monoisotopic (exact) mass is 264 g/mol. The van der Waals surface area contributed by atoms with E-state index in [4.69, 9.17) is 23.2 Å². The SMILES string of the molecule is CC(C)CC(CCl)(CCl)Cc1cccs1. The van der Waals surface area contributed by atoms with Crippen LogP contribution in [0.3, 0.4) is 0 Å². The van der Waals surface area contributed by atoms with E-state index >= 15 is 0 Å². The van der Waals surface area contributed by atoms with Crippen molar-refractivity contribution in [1.29, 1.82) is 0 Å². The third kappa shape index (κ3) is 3.97. The van der Waals surface area contributed by atoms with E-state index in [0.717, 1.165) is 12.8 Å². The predicted molar refractivity (Wildman–Crippen MR) is 71.4 cm³/mol. The lowest BCUT2D eigenvalue weighted by atomic mass is 9.80. The van der Waals surface area contributed by atoms with Gasteiger partial charge in [0.25, 0.3) is 0 Å². The number of hydrogen-bond donors (Lipinski definition) is 0. The maximum absolute atomic E-state index is 6.11. The lowest BCUT2D eigenvalue weighted by Crippen LogP contribution is -2.29. The van der Waals surface area contributed by atoms with Crippen LogP contribution >= 0.6 is 34.5 Å². The lowest BCUT2D eigenvalue weighted by Gasteiger charge is -2.31. The van der Waals surface area contributed by atoms with E-state index in [9.17, 15) is 0 Å². The maximum atomic E-state index is 6.11. The van der Waals surface area contributed by atoms with Gasteiger partial charge in [-0.3, -0.25) is 0 Å². The quantitative estimate of drug-likeness (QED) is 0.648. The van der Waals surface area contributed by atoms with Crippen LogP contribution in [-0.4, -0.2) is 11.8 Å². The Hall–Kier alpha value is 0.280. The summed E-state index contributed by atoms with van der Waals surface area (Å²) in [5.41, 5.74) is 0.0716. The highest BCUT2D eigenvalue weighted by atomic mass is 35.5. The zero-order valence-corrected chi connectivity index (χ0v) is 11.6. The smallest absolute Gasteiger partial charge is 0.0295 e. The summed E-state index contributed by atoms with van der Waals surface area (Å²) in [4.78, 5) is 1.39. The topological polar surface area (TPSA) is 0 Å². The van der Waals surface area contributed by atoms with Gasteiger partial charge in [0, 0.05) is 22.1 Å². The van der Waals surface area contributed by atoms with Crippen molar-refractivity contribution in [2.24, 2.45) is 11.3 Å². The normalized spacial score (nSPS) is 12.3. The Morgan fingerprint density at radius 2 is 2.00 bits per heavy atom. The molecule has 0 fully saturated rings. The van der Waals surface area contributed by atoms with Crippen LogP contribution in [0.5, 0.6) is 0 Å². The molecule has 15 heavy (non-hydrogen) atoms. The largest absolute Gasteiger partial charge is 0.149 e. The highest BCUT2D eigenvalue weighted by Crippen LogP contribution is 2.34. The lowest BCUT2D eigenvalue weighted by molar-refractivity contribution is 0.297. The molecule has 0 radical (unpaired) electrons. The second kappa shape index (κ2) is 6.12. The molecule has 86 valence electrons. The van der Waals surface area contributed by atoms with E-state index in [1.54, 1.807) is 11.3 Å². The van der Waals surface area contributed by atoms with Crippen LogP contribution < -0.4 is 0 Å². The molecule has 0 aliphatic rings. The van der Waals surface area contributed by atoms with Crippen molar-refractivity contribution in [2.45, 2.75) is 26.7 Å². The van der Waals surface area contributed by atoms with Gasteiger partial charge in [0.05, 0.1) is 0 Å². The van der Waals surface area contributed by atoms with Gasteiger partial charge in [0.2, 0.25) is 0 Å². The molecule has 0 atom stereocenters. The Balaban J connectivity index is 2.71. The highest BCUT2D eigenvalue weighted by Gasteiger charge is 2.30. The molecule has 0 bridgehead atoms. The summed E-state index contributed by atoms with van der Waals surface area (Å²) in [6.07, 6.45) is 2.10. The molecule has 0 saturated carbocycles. The molecule has 0 saturated heterocycles. The zero-order valence-electron chi connectivity index (χ0n) is 9.30. The van der Waals surface area contributed by atoms with Crippen LogP contribution in [0.2, 0.25) is 0 Å². The summed E-state index contributed by atoms with van der Waals surface area (Å²) in [7, 11) is 0. The van der Waals surface area contributed by atoms with Crippen molar-refractivity contribution in [3.05, 3.63) is 22.4 Å². The first-order chi connectivity index (χ1) is 7.12. The Bertz CT molecular complexity index is 263. The van der Waals surface area contributed by atoms with E-state index in [0.29, 0.717) is 17.7 Å². The van der Waals surface area contributed by atoms with Crippen LogP contribution in [0, 0.1) is 11.3 Å². The van der Waals surface area contributed by atoms with E-state index < -0.39 is 0 Å². The maximum Gasteiger partial charge on any atom is 0.0295 e. The molecule has 0 unspecified atom stereocenters. The molecule has 0 spiro atoms. The fourth-order valence-corrected chi connectivity index (χ4v) is 3.53. The molecule has 1 rings (SSSR count). The number of alkyl halides is 2. The molecule has 0 nitrogen and oxygen atoms in total. The third-order valence-corrected chi connectivity index (χ3v) is 4.55. The molecular weight excluding hydrogens is 247 g/mol. The van der Waals surface area contributed by atoms with Crippen LogP contribution in [0.1, 0.15) is 25.1 Å². The second-order valence-corrected chi connectivity index (χ2v) is 6.19. The summed E-state index contributed by atoms with van der Waals surface area (Å²) in [6.45, 7) is 4.45. The minimum Gasteiger partial charge on any atom is -0.149 e. The van der Waals surface area contributed by atoms with Crippen LogP contribution in [0.15, 0.2) is 17.5 Å². The third-order valence-electron chi connectivity index (χ3n) is 2.54. The van der Waals surface area contributed by atoms with Gasteiger partial charge in [-0.05, 0) is 30.2 Å². The van der Waals surface area contributed by atoms with Crippen molar-refractivity contribution in [3.8, 4) is 0 Å². The van der Waals surface area contributed by atoms with E-state index in [1.165, 1.54) is 4.88 Å². The standard InChI is InChI=1S/C12H18Cl2S/c1-10(2)6-12(8-13,9-14)7-11-4-3-5-15-11/h3-5,10H,6-9H2,1-2H3. The Morgan fingerprint density at radius 1 is 1.33 bits per heavy atom. The summed E-state index contributed by atoms with van der Waals surface area (Å²) >= 11 is 14.0. The molecule has 0 N–H and O–H groups in total. The number of halogens is 2. The number of thiophene rings is 1. The number of hydrogen-bond acceptors (Lipinski definition) is 1. The van der Waals surface area contributed by atoms with Crippen molar-refractivity contribution >= 4 is 34.5 Å². The average Bonchev–Trinajstić information content (AvgIpc) is 2.68. The zero-order chi connectivity index (χ0) is 11.3. The Kier molecular flexibility index (Phi) is 5.45. The first kappa shape index (κ1) is 13.3. The van der Waals surface area contributed by atoms with Crippen molar-refractivity contribution in [2.75, 3.05) is 11.8 Å². The van der Waals surface area contributed by atoms with Crippen LogP contribution in [0.25, 0.3) is 0 Å². The fourth-order valence-electron chi connectivity index (χ4n) is 1.96. The minimum atomic E-state index is 0.0716. The van der Waals surface area contributed by atoms with Gasteiger partial charge >= 0.3 is 0 Å². The van der Waals surface area contributed by atoms with Gasteiger partial charge in [0.1, 0.15) is 0 Å². The molecule has 3 heteroatoms. The van der Waals surface area contributed by atoms with Crippen LogP contribution in [-0.2, 0) is 6.42 Å². The summed E-state index contributed by atoms with van der Waals surface area (Å²) in [6, 6.07) is 4.25. The molecule has 0 aromatic carbocycles. The van der Waals surface area contributed by atoms with Gasteiger partial charge in [-0.15, -0.1) is 34.5 Å². The average molecular weight is 265 g/mol. The van der Waals surface area contributed by atoms with Crippen molar-refractivity contribution in [1.82, 2.24) is 0 Å². The summed E-state index contributed by atoms with van der Waals surface area (Å²) in [5, 5.41) is 2.11. The first-order valence-corrected chi connectivity index (χ1v) is 7.21.